The molecule has 35 heavy (non-hydrogen) atoms. The van der Waals surface area contributed by atoms with Crippen LogP contribution in [0.15, 0.2) is 64.5 Å². The Balaban J connectivity index is 1.96. The molecule has 1 heterocycles. The van der Waals surface area contributed by atoms with Gasteiger partial charge in [-0.3, -0.25) is 9.36 Å². The molecule has 0 saturated heterocycles. The third-order valence-corrected chi connectivity index (χ3v) is 6.50. The molecular weight excluding hydrogens is 468 g/mol. The fourth-order valence-electron chi connectivity index (χ4n) is 3.79. The molecule has 0 N–H and O–H groups in total. The summed E-state index contributed by atoms with van der Waals surface area (Å²) in [7, 11) is 7.77. The first kappa shape index (κ1) is 24.3. The Morgan fingerprint density at radius 3 is 2.11 bits per heavy atom. The highest BCUT2D eigenvalue weighted by Crippen LogP contribution is 2.42. The molecule has 0 aliphatic carbocycles. The summed E-state index contributed by atoms with van der Waals surface area (Å²) in [5, 5.41) is 0.834. The summed E-state index contributed by atoms with van der Waals surface area (Å²) in [6, 6.07) is 16.6. The summed E-state index contributed by atoms with van der Waals surface area (Å²) in [6.45, 7) is 0. The zero-order valence-corrected chi connectivity index (χ0v) is 21.0. The van der Waals surface area contributed by atoms with Gasteiger partial charge in [0.15, 0.2) is 16.7 Å². The van der Waals surface area contributed by atoms with Gasteiger partial charge >= 0.3 is 0 Å². The summed E-state index contributed by atoms with van der Waals surface area (Å²) in [5.41, 5.74) is 1.76. The number of ether oxygens (including phenoxy) is 5. The number of nitrogens with zero attached hydrogens (tertiary/aromatic N) is 2. The third kappa shape index (κ3) is 4.59. The number of methoxy groups -OCH3 is 5. The minimum atomic E-state index is -0.262. The van der Waals surface area contributed by atoms with Gasteiger partial charge < -0.3 is 23.7 Å². The number of rotatable bonds is 9. The molecule has 1 aromatic heterocycles. The van der Waals surface area contributed by atoms with Gasteiger partial charge in [0.1, 0.15) is 17.0 Å². The molecule has 0 fully saturated rings. The Kier molecular flexibility index (Phi) is 7.36. The first-order valence-corrected chi connectivity index (χ1v) is 11.7. The molecule has 0 radical (unpaired) electrons. The molecule has 9 heteroatoms. The standard InChI is InChI=1S/C26H26N2O6S/c1-30-18-12-10-17(11-13-18)28-25(29)19-14-21(32-3)23(33-4)24(34-5)22(19)27-26(28)35-15-16-8-6-7-9-20(16)31-2/h6-14H,15H2,1-5H3. The molecule has 0 spiro atoms. The minimum Gasteiger partial charge on any atom is -0.497 e. The van der Waals surface area contributed by atoms with Gasteiger partial charge in [-0.05, 0) is 36.4 Å². The van der Waals surface area contributed by atoms with Gasteiger partial charge in [-0.2, -0.15) is 0 Å². The van der Waals surface area contributed by atoms with Crippen LogP contribution in [0.1, 0.15) is 5.56 Å². The smallest absolute Gasteiger partial charge is 0.266 e. The molecule has 0 amide bonds. The second kappa shape index (κ2) is 10.6. The number of para-hydroxylation sites is 1. The van der Waals surface area contributed by atoms with E-state index >= 15 is 0 Å². The van der Waals surface area contributed by atoms with E-state index in [2.05, 4.69) is 0 Å². The third-order valence-electron chi connectivity index (χ3n) is 5.52. The zero-order chi connectivity index (χ0) is 24.9. The summed E-state index contributed by atoms with van der Waals surface area (Å²) < 4.78 is 28.9. The lowest BCUT2D eigenvalue weighted by molar-refractivity contribution is 0.326. The van der Waals surface area contributed by atoms with Gasteiger partial charge in [0, 0.05) is 11.3 Å². The average molecular weight is 495 g/mol. The van der Waals surface area contributed by atoms with Crippen molar-refractivity contribution in [1.82, 2.24) is 9.55 Å². The fourth-order valence-corrected chi connectivity index (χ4v) is 4.78. The van der Waals surface area contributed by atoms with Crippen LogP contribution in [0.2, 0.25) is 0 Å². The van der Waals surface area contributed by atoms with E-state index in [0.717, 1.165) is 11.3 Å². The largest absolute Gasteiger partial charge is 0.497 e. The van der Waals surface area contributed by atoms with Crippen LogP contribution < -0.4 is 29.2 Å². The first-order chi connectivity index (χ1) is 17.1. The van der Waals surface area contributed by atoms with Crippen LogP contribution in [0, 0.1) is 0 Å². The lowest BCUT2D eigenvalue weighted by Crippen LogP contribution is -2.22. The molecule has 0 bridgehead atoms. The van der Waals surface area contributed by atoms with Crippen molar-refractivity contribution in [3.8, 4) is 34.4 Å². The van der Waals surface area contributed by atoms with E-state index in [-0.39, 0.29) is 5.56 Å². The predicted octanol–water partition coefficient (Wildman–Crippen LogP) is 4.72. The maximum atomic E-state index is 13.9. The van der Waals surface area contributed by atoms with Crippen molar-refractivity contribution in [2.24, 2.45) is 0 Å². The molecule has 0 atom stereocenters. The quantitative estimate of drug-likeness (QED) is 0.244. The maximum Gasteiger partial charge on any atom is 0.266 e. The van der Waals surface area contributed by atoms with Crippen molar-refractivity contribution in [2.75, 3.05) is 35.5 Å². The van der Waals surface area contributed by atoms with E-state index in [0.29, 0.717) is 50.5 Å². The second-order valence-electron chi connectivity index (χ2n) is 7.37. The van der Waals surface area contributed by atoms with E-state index in [1.165, 1.54) is 33.1 Å². The van der Waals surface area contributed by atoms with Crippen molar-refractivity contribution in [1.29, 1.82) is 0 Å². The van der Waals surface area contributed by atoms with Gasteiger partial charge in [-0.1, -0.05) is 30.0 Å². The monoisotopic (exact) mass is 494 g/mol. The van der Waals surface area contributed by atoms with Gasteiger partial charge in [0.05, 0.1) is 46.6 Å². The van der Waals surface area contributed by atoms with E-state index in [4.69, 9.17) is 28.7 Å². The molecule has 4 rings (SSSR count). The van der Waals surface area contributed by atoms with Crippen molar-refractivity contribution in [3.63, 3.8) is 0 Å². The van der Waals surface area contributed by atoms with Crippen LogP contribution in [-0.2, 0) is 5.75 Å². The molecule has 0 unspecified atom stereocenters. The highest BCUT2D eigenvalue weighted by Gasteiger charge is 2.23. The Morgan fingerprint density at radius 1 is 0.800 bits per heavy atom. The molecule has 0 saturated carbocycles. The summed E-state index contributed by atoms with van der Waals surface area (Å²) in [4.78, 5) is 18.7. The number of thioether (sulfide) groups is 1. The van der Waals surface area contributed by atoms with Crippen LogP contribution in [-0.4, -0.2) is 45.1 Å². The second-order valence-corrected chi connectivity index (χ2v) is 8.32. The molecular formula is C26H26N2O6S. The van der Waals surface area contributed by atoms with Crippen LogP contribution in [0.25, 0.3) is 16.6 Å². The maximum absolute atomic E-state index is 13.9. The molecule has 182 valence electrons. The lowest BCUT2D eigenvalue weighted by atomic mass is 10.2. The highest BCUT2D eigenvalue weighted by atomic mass is 32.2. The normalized spacial score (nSPS) is 10.8. The number of benzene rings is 3. The zero-order valence-electron chi connectivity index (χ0n) is 20.2. The fraction of sp³-hybridized carbons (Fsp3) is 0.231. The number of hydrogen-bond acceptors (Lipinski definition) is 8. The van der Waals surface area contributed by atoms with E-state index in [1.54, 1.807) is 37.0 Å². The SMILES string of the molecule is COc1ccc(-n2c(SCc3ccccc3OC)nc3c(OC)c(OC)c(OC)cc3c2=O)cc1. The Morgan fingerprint density at radius 2 is 1.49 bits per heavy atom. The molecule has 0 aliphatic heterocycles. The minimum absolute atomic E-state index is 0.262. The van der Waals surface area contributed by atoms with Crippen LogP contribution in [0.5, 0.6) is 28.7 Å². The Labute approximate surface area is 207 Å². The summed E-state index contributed by atoms with van der Waals surface area (Å²) in [6.07, 6.45) is 0. The summed E-state index contributed by atoms with van der Waals surface area (Å²) >= 11 is 1.42. The molecule has 0 aliphatic rings. The first-order valence-electron chi connectivity index (χ1n) is 10.7. The van der Waals surface area contributed by atoms with Crippen molar-refractivity contribution < 1.29 is 23.7 Å². The Hall–Kier alpha value is -3.85. The highest BCUT2D eigenvalue weighted by molar-refractivity contribution is 7.98. The van der Waals surface area contributed by atoms with E-state index in [1.807, 2.05) is 36.4 Å². The van der Waals surface area contributed by atoms with E-state index in [9.17, 15) is 4.79 Å². The van der Waals surface area contributed by atoms with Crippen LogP contribution in [0.4, 0.5) is 0 Å². The predicted molar refractivity (Wildman–Crippen MR) is 136 cm³/mol. The average Bonchev–Trinajstić information content (AvgIpc) is 2.91. The van der Waals surface area contributed by atoms with Crippen LogP contribution in [0.3, 0.4) is 0 Å². The Bertz CT molecular complexity index is 1400. The number of aromatic nitrogens is 2. The lowest BCUT2D eigenvalue weighted by Gasteiger charge is -2.18. The molecule has 4 aromatic rings. The van der Waals surface area contributed by atoms with Crippen molar-refractivity contribution in [2.45, 2.75) is 10.9 Å². The number of hydrogen-bond donors (Lipinski definition) is 0. The van der Waals surface area contributed by atoms with Crippen molar-refractivity contribution in [3.05, 3.63) is 70.5 Å². The van der Waals surface area contributed by atoms with Crippen molar-refractivity contribution >= 4 is 22.7 Å². The van der Waals surface area contributed by atoms with Gasteiger partial charge in [0.2, 0.25) is 5.75 Å². The topological polar surface area (TPSA) is 81.0 Å². The molecule has 3 aromatic carbocycles. The van der Waals surface area contributed by atoms with Gasteiger partial charge in [-0.15, -0.1) is 0 Å². The molecule has 8 nitrogen and oxygen atoms in total. The summed E-state index contributed by atoms with van der Waals surface area (Å²) in [5.74, 6) is 3.08. The van der Waals surface area contributed by atoms with E-state index < -0.39 is 0 Å². The van der Waals surface area contributed by atoms with Gasteiger partial charge in [0.25, 0.3) is 5.56 Å². The van der Waals surface area contributed by atoms with Gasteiger partial charge in [-0.25, -0.2) is 4.98 Å². The van der Waals surface area contributed by atoms with Crippen LogP contribution >= 0.6 is 11.8 Å². The number of fused-ring (bicyclic) bond motifs is 1.